The van der Waals surface area contributed by atoms with Crippen LogP contribution in [0.15, 0.2) is 92.8 Å². The van der Waals surface area contributed by atoms with Crippen molar-refractivity contribution in [3.05, 3.63) is 106 Å². The van der Waals surface area contributed by atoms with Crippen LogP contribution in [0, 0.1) is 12.8 Å². The summed E-state index contributed by atoms with van der Waals surface area (Å²) in [5, 5.41) is 29.5. The van der Waals surface area contributed by atoms with Crippen LogP contribution in [0.25, 0.3) is 0 Å². The Balaban J connectivity index is 1.39. The lowest BCUT2D eigenvalue weighted by atomic mass is 9.98. The Hall–Kier alpha value is -4.57. The first-order valence-corrected chi connectivity index (χ1v) is 18.6. The predicted octanol–water partition coefficient (Wildman–Crippen LogP) is 4.09. The number of aliphatic hydroxyl groups excluding tert-OH is 1. The van der Waals surface area contributed by atoms with Gasteiger partial charge in [-0.25, -0.2) is 18.2 Å². The number of nitrogens with one attached hydrogen (secondary N) is 1. The standard InChI is InChI=1S/C35H42N6O7S2/c1-24(2)33(41-16-15-39(35(41)44)20-28-23-49-25(3)37-28)34(43)38-31(18-26-8-5-4-6-9-26)32(42)22-40(21-29-10-7-17-48-29)50(46,47)30-13-11-27(12-14-30)19-36-45/h4-14,17,19,23-24,31-33,42,45H,15-16,18,20-22H2,1-3H3,(H,38,43)/b36-19+/t31-,32+,33-/m0/s1. The monoisotopic (exact) mass is 722 g/mol. The molecule has 2 aromatic carbocycles. The van der Waals surface area contributed by atoms with E-state index in [2.05, 4.69) is 15.5 Å². The lowest BCUT2D eigenvalue weighted by Crippen LogP contribution is -2.57. The van der Waals surface area contributed by atoms with Gasteiger partial charge in [-0.1, -0.05) is 61.5 Å². The summed E-state index contributed by atoms with van der Waals surface area (Å²) in [6.45, 7) is 6.21. The number of aliphatic hydroxyl groups is 1. The third-order valence-corrected chi connectivity index (χ3v) is 11.1. The van der Waals surface area contributed by atoms with E-state index >= 15 is 0 Å². The maximum atomic E-state index is 14.1. The fourth-order valence-corrected chi connectivity index (χ4v) is 8.04. The van der Waals surface area contributed by atoms with Crippen LogP contribution in [0.4, 0.5) is 4.79 Å². The summed E-state index contributed by atoms with van der Waals surface area (Å²) in [5.74, 6) is -0.343. The van der Waals surface area contributed by atoms with Crippen molar-refractivity contribution < 1.29 is 32.7 Å². The molecule has 0 aliphatic carbocycles. The molecule has 0 saturated carbocycles. The SMILES string of the molecule is Cc1nc(CN2CCN([C@H](C(=O)N[C@@H](Cc3ccccc3)[C@H](O)CN(Cc3ccco3)S(=O)(=O)c3ccc(/C=N/O)cc3)C(C)C)C2=O)cs1. The molecule has 2 aromatic heterocycles. The van der Waals surface area contributed by atoms with Crippen molar-refractivity contribution in [3.63, 3.8) is 0 Å². The molecule has 3 atom stereocenters. The summed E-state index contributed by atoms with van der Waals surface area (Å²) in [5.41, 5.74) is 2.11. The Kier molecular flexibility index (Phi) is 12.1. The molecule has 15 heteroatoms. The largest absolute Gasteiger partial charge is 0.468 e. The molecule has 3 N–H and O–H groups in total. The van der Waals surface area contributed by atoms with E-state index in [1.54, 1.807) is 21.9 Å². The summed E-state index contributed by atoms with van der Waals surface area (Å²) in [7, 11) is -4.19. The average molecular weight is 723 g/mol. The van der Waals surface area contributed by atoms with Gasteiger partial charge in [0.15, 0.2) is 0 Å². The number of nitrogens with zero attached hydrogens (tertiary/aromatic N) is 5. The van der Waals surface area contributed by atoms with E-state index in [1.807, 2.05) is 56.5 Å². The van der Waals surface area contributed by atoms with Gasteiger partial charge in [0.25, 0.3) is 0 Å². The van der Waals surface area contributed by atoms with E-state index in [0.717, 1.165) is 20.6 Å². The van der Waals surface area contributed by atoms with Crippen LogP contribution >= 0.6 is 11.3 Å². The van der Waals surface area contributed by atoms with Crippen LogP contribution in [-0.2, 0) is 34.3 Å². The summed E-state index contributed by atoms with van der Waals surface area (Å²) in [6.07, 6.45) is 1.45. The van der Waals surface area contributed by atoms with Gasteiger partial charge in [-0.05, 0) is 54.7 Å². The second-order valence-electron chi connectivity index (χ2n) is 12.5. The summed E-state index contributed by atoms with van der Waals surface area (Å²) in [6, 6.07) is 16.3. The molecule has 0 unspecified atom stereocenters. The molecule has 0 spiro atoms. The van der Waals surface area contributed by atoms with Gasteiger partial charge in [0.1, 0.15) is 11.8 Å². The van der Waals surface area contributed by atoms with Crippen LogP contribution in [0.2, 0.25) is 0 Å². The number of aryl methyl sites for hydroxylation is 1. The lowest BCUT2D eigenvalue weighted by molar-refractivity contribution is -0.128. The number of sulfonamides is 1. The molecule has 3 heterocycles. The molecule has 1 aliphatic rings. The number of benzene rings is 2. The van der Waals surface area contributed by atoms with Crippen molar-refractivity contribution in [1.29, 1.82) is 0 Å². The highest BCUT2D eigenvalue weighted by atomic mass is 32.2. The lowest BCUT2D eigenvalue weighted by Gasteiger charge is -2.34. The maximum Gasteiger partial charge on any atom is 0.321 e. The second kappa shape index (κ2) is 16.4. The van der Waals surface area contributed by atoms with Crippen LogP contribution < -0.4 is 5.32 Å². The number of hydrogen-bond donors (Lipinski definition) is 3. The number of furan rings is 1. The van der Waals surface area contributed by atoms with Crippen molar-refractivity contribution in [2.75, 3.05) is 19.6 Å². The average Bonchev–Trinajstić information content (AvgIpc) is 3.84. The van der Waals surface area contributed by atoms with E-state index < -0.39 is 34.1 Å². The first-order valence-electron chi connectivity index (χ1n) is 16.2. The normalized spacial score (nSPS) is 15.7. The summed E-state index contributed by atoms with van der Waals surface area (Å²) in [4.78, 5) is 35.4. The van der Waals surface area contributed by atoms with E-state index in [0.29, 0.717) is 31.0 Å². The first kappa shape index (κ1) is 36.7. The van der Waals surface area contributed by atoms with Gasteiger partial charge < -0.3 is 29.8 Å². The number of aromatic nitrogens is 1. The summed E-state index contributed by atoms with van der Waals surface area (Å²) < 4.78 is 34.6. The first-order chi connectivity index (χ1) is 24.0. The van der Waals surface area contributed by atoms with Gasteiger partial charge in [0, 0.05) is 25.0 Å². The molecule has 1 fully saturated rings. The zero-order valence-corrected chi connectivity index (χ0v) is 29.8. The van der Waals surface area contributed by atoms with E-state index in [-0.39, 0.29) is 36.4 Å². The minimum atomic E-state index is -4.19. The van der Waals surface area contributed by atoms with Gasteiger partial charge in [0.05, 0.1) is 53.3 Å². The Morgan fingerprint density at radius 1 is 1.12 bits per heavy atom. The number of urea groups is 1. The van der Waals surface area contributed by atoms with Crippen LogP contribution in [0.1, 0.15) is 41.4 Å². The molecule has 4 aromatic rings. The molecular weight excluding hydrogens is 681 g/mol. The molecule has 1 saturated heterocycles. The predicted molar refractivity (Wildman–Crippen MR) is 188 cm³/mol. The minimum absolute atomic E-state index is 0.0419. The van der Waals surface area contributed by atoms with Crippen LogP contribution in [0.3, 0.4) is 0 Å². The van der Waals surface area contributed by atoms with Gasteiger partial charge in [-0.2, -0.15) is 4.31 Å². The third kappa shape index (κ3) is 8.96. The Morgan fingerprint density at radius 3 is 2.48 bits per heavy atom. The molecule has 0 radical (unpaired) electrons. The molecular formula is C35H42N6O7S2. The third-order valence-electron chi connectivity index (χ3n) is 8.50. The van der Waals surface area contributed by atoms with Gasteiger partial charge in [0.2, 0.25) is 15.9 Å². The fourth-order valence-electron chi connectivity index (χ4n) is 6.01. The Morgan fingerprint density at radius 2 is 1.86 bits per heavy atom. The number of carbonyl (C=O) groups excluding carboxylic acids is 2. The van der Waals surface area contributed by atoms with Gasteiger partial charge in [-0.3, -0.25) is 4.79 Å². The molecule has 13 nitrogen and oxygen atoms in total. The Bertz CT molecular complexity index is 1850. The zero-order valence-electron chi connectivity index (χ0n) is 28.1. The highest BCUT2D eigenvalue weighted by Crippen LogP contribution is 2.24. The number of thiazole rings is 1. The highest BCUT2D eigenvalue weighted by Gasteiger charge is 2.40. The highest BCUT2D eigenvalue weighted by molar-refractivity contribution is 7.89. The quantitative estimate of drug-likeness (QED) is 0.0883. The van der Waals surface area contributed by atoms with Crippen molar-refractivity contribution >= 4 is 39.5 Å². The molecule has 266 valence electrons. The molecule has 5 rings (SSSR count). The minimum Gasteiger partial charge on any atom is -0.468 e. The van der Waals surface area contributed by atoms with Crippen molar-refractivity contribution in [3.8, 4) is 0 Å². The smallest absolute Gasteiger partial charge is 0.321 e. The van der Waals surface area contributed by atoms with E-state index in [9.17, 15) is 23.1 Å². The van der Waals surface area contributed by atoms with Crippen LogP contribution in [-0.4, -0.2) is 93.8 Å². The van der Waals surface area contributed by atoms with E-state index in [4.69, 9.17) is 9.62 Å². The molecule has 3 amide bonds. The van der Waals surface area contributed by atoms with Crippen LogP contribution in [0.5, 0.6) is 0 Å². The summed E-state index contributed by atoms with van der Waals surface area (Å²) >= 11 is 1.51. The molecule has 0 bridgehead atoms. The second-order valence-corrected chi connectivity index (χ2v) is 15.5. The fraction of sp³-hybridized carbons (Fsp3) is 0.371. The molecule has 1 aliphatic heterocycles. The van der Waals surface area contributed by atoms with E-state index in [1.165, 1.54) is 48.1 Å². The number of rotatable bonds is 16. The number of oxime groups is 1. The van der Waals surface area contributed by atoms with Gasteiger partial charge in [-0.15, -0.1) is 11.3 Å². The van der Waals surface area contributed by atoms with Crippen molar-refractivity contribution in [2.24, 2.45) is 11.1 Å². The number of carbonyl (C=O) groups is 2. The zero-order chi connectivity index (χ0) is 35.8. The molecule has 50 heavy (non-hydrogen) atoms. The number of hydrogen-bond acceptors (Lipinski definition) is 10. The van der Waals surface area contributed by atoms with Gasteiger partial charge >= 0.3 is 6.03 Å². The number of amides is 3. The Labute approximate surface area is 295 Å². The maximum absolute atomic E-state index is 14.1. The van der Waals surface area contributed by atoms with Crippen molar-refractivity contribution in [2.45, 2.75) is 63.4 Å². The van der Waals surface area contributed by atoms with Crippen molar-refractivity contribution in [1.82, 2.24) is 24.4 Å². The topological polar surface area (TPSA) is 169 Å².